The fourth-order valence-electron chi connectivity index (χ4n) is 2.50. The first kappa shape index (κ1) is 18.3. The third kappa shape index (κ3) is 3.27. The van der Waals surface area contributed by atoms with Gasteiger partial charge in [0.2, 0.25) is 6.86 Å². The molecule has 138 valence electrons. The Kier molecular flexibility index (Phi) is 4.68. The zero-order chi connectivity index (χ0) is 19.1. The molecule has 26 heavy (non-hydrogen) atoms. The van der Waals surface area contributed by atoms with Gasteiger partial charge in [-0.05, 0) is 42.8 Å². The minimum absolute atomic E-state index is 0.0124. The van der Waals surface area contributed by atoms with E-state index in [4.69, 9.17) is 16.0 Å². The van der Waals surface area contributed by atoms with Crippen molar-refractivity contribution in [2.24, 2.45) is 7.05 Å². The molecule has 0 aliphatic carbocycles. The summed E-state index contributed by atoms with van der Waals surface area (Å²) >= 11 is 5.94. The van der Waals surface area contributed by atoms with Crippen molar-refractivity contribution in [3.8, 4) is 5.75 Å². The Bertz CT molecular complexity index is 1150. The average Bonchev–Trinajstić information content (AvgIpc) is 2.83. The van der Waals surface area contributed by atoms with Crippen LogP contribution in [-0.4, -0.2) is 19.8 Å². The van der Waals surface area contributed by atoms with Gasteiger partial charge in [0.25, 0.3) is 10.0 Å². The number of benzene rings is 2. The molecule has 0 bridgehead atoms. The number of aryl methyl sites for hydroxylation is 2. The summed E-state index contributed by atoms with van der Waals surface area (Å²) < 4.78 is 51.1. The number of hydrogen-bond acceptors (Lipinski definition) is 5. The number of alkyl halides is 1. The summed E-state index contributed by atoms with van der Waals surface area (Å²) in [5.41, 5.74) is 1.24. The number of ether oxygens (including phenoxy) is 1. The molecule has 0 fully saturated rings. The Morgan fingerprint density at radius 2 is 2.04 bits per heavy atom. The molecule has 0 saturated carbocycles. The molecule has 7 nitrogen and oxygen atoms in total. The van der Waals surface area contributed by atoms with E-state index >= 15 is 0 Å². The first-order valence-corrected chi connectivity index (χ1v) is 9.20. The van der Waals surface area contributed by atoms with Gasteiger partial charge in [-0.15, -0.1) is 0 Å². The van der Waals surface area contributed by atoms with Crippen LogP contribution in [0, 0.1) is 6.92 Å². The lowest BCUT2D eigenvalue weighted by Crippen LogP contribution is -2.15. The molecule has 0 amide bonds. The van der Waals surface area contributed by atoms with Crippen molar-refractivity contribution in [3.63, 3.8) is 0 Å². The van der Waals surface area contributed by atoms with Crippen molar-refractivity contribution in [2.75, 3.05) is 11.6 Å². The monoisotopic (exact) mass is 400 g/mol. The number of sulfonamides is 1. The summed E-state index contributed by atoms with van der Waals surface area (Å²) in [6.07, 6.45) is 0. The van der Waals surface area contributed by atoms with Crippen LogP contribution in [0.25, 0.3) is 11.1 Å². The molecule has 0 unspecified atom stereocenters. The van der Waals surface area contributed by atoms with Crippen molar-refractivity contribution in [1.82, 2.24) is 4.57 Å². The van der Waals surface area contributed by atoms with Crippen LogP contribution in [0.15, 0.2) is 44.4 Å². The van der Waals surface area contributed by atoms with Gasteiger partial charge in [-0.1, -0.05) is 11.6 Å². The Balaban J connectivity index is 2.02. The highest BCUT2D eigenvalue weighted by atomic mass is 35.5. The van der Waals surface area contributed by atoms with Crippen molar-refractivity contribution in [1.29, 1.82) is 0 Å². The van der Waals surface area contributed by atoms with Crippen LogP contribution in [0.2, 0.25) is 5.02 Å². The summed E-state index contributed by atoms with van der Waals surface area (Å²) in [5, 5.41) is 0.0623. The van der Waals surface area contributed by atoms with Crippen LogP contribution in [0.1, 0.15) is 5.56 Å². The van der Waals surface area contributed by atoms with Gasteiger partial charge in [0, 0.05) is 7.05 Å². The lowest BCUT2D eigenvalue weighted by molar-refractivity contribution is 0.192. The molecule has 1 N–H and O–H groups in total. The predicted octanol–water partition coefficient (Wildman–Crippen LogP) is 3.20. The highest BCUT2D eigenvalue weighted by Gasteiger charge is 2.20. The summed E-state index contributed by atoms with van der Waals surface area (Å²) in [4.78, 5) is 11.6. The number of rotatable bonds is 5. The number of fused-ring (bicyclic) bond motifs is 1. The second-order valence-electron chi connectivity index (χ2n) is 5.52. The summed E-state index contributed by atoms with van der Waals surface area (Å²) in [6.45, 7) is 0.541. The fourth-order valence-corrected chi connectivity index (χ4v) is 4.03. The molecule has 1 aromatic heterocycles. The number of oxazole rings is 1. The van der Waals surface area contributed by atoms with E-state index in [0.29, 0.717) is 16.7 Å². The van der Waals surface area contributed by atoms with Crippen molar-refractivity contribution in [2.45, 2.75) is 11.8 Å². The SMILES string of the molecule is Cc1cc2oc(=O)n(C)c2cc1S(=O)(=O)Nc1ccc(OCF)c(Cl)c1. The van der Waals surface area contributed by atoms with Gasteiger partial charge in [-0.3, -0.25) is 9.29 Å². The number of nitrogens with zero attached hydrogens (tertiary/aromatic N) is 1. The highest BCUT2D eigenvalue weighted by Crippen LogP contribution is 2.30. The number of anilines is 1. The number of aromatic nitrogens is 1. The van der Waals surface area contributed by atoms with E-state index in [2.05, 4.69) is 9.46 Å². The van der Waals surface area contributed by atoms with Gasteiger partial charge in [-0.2, -0.15) is 0 Å². The molecule has 2 aromatic carbocycles. The third-order valence-corrected chi connectivity index (χ3v) is 5.59. The van der Waals surface area contributed by atoms with E-state index in [0.717, 1.165) is 0 Å². The summed E-state index contributed by atoms with van der Waals surface area (Å²) in [6, 6.07) is 6.91. The Hall–Kier alpha value is -2.52. The number of halogens is 2. The van der Waals surface area contributed by atoms with Crippen molar-refractivity contribution in [3.05, 3.63) is 51.5 Å². The smallest absolute Gasteiger partial charge is 0.419 e. The van der Waals surface area contributed by atoms with Gasteiger partial charge in [-0.25, -0.2) is 17.6 Å². The van der Waals surface area contributed by atoms with Crippen LogP contribution in [-0.2, 0) is 17.1 Å². The average molecular weight is 401 g/mol. The van der Waals surface area contributed by atoms with Gasteiger partial charge in [0.1, 0.15) is 5.75 Å². The van der Waals surface area contributed by atoms with E-state index in [1.54, 1.807) is 6.92 Å². The minimum Gasteiger partial charge on any atom is -0.461 e. The topological polar surface area (TPSA) is 90.5 Å². The lowest BCUT2D eigenvalue weighted by atomic mass is 10.2. The second kappa shape index (κ2) is 6.65. The maximum absolute atomic E-state index is 12.7. The molecule has 0 radical (unpaired) electrons. The van der Waals surface area contributed by atoms with E-state index in [9.17, 15) is 17.6 Å². The summed E-state index contributed by atoms with van der Waals surface area (Å²) in [7, 11) is -2.48. The standard InChI is InChI=1S/C16H14ClFN2O5S/c1-9-5-14-12(20(2)16(21)25-14)7-15(9)26(22,23)19-10-3-4-13(24-8-18)11(17)6-10/h3-7,19H,8H2,1-2H3. The van der Waals surface area contributed by atoms with E-state index in [-0.39, 0.29) is 21.4 Å². The minimum atomic E-state index is -3.97. The molecule has 10 heteroatoms. The summed E-state index contributed by atoms with van der Waals surface area (Å²) in [5.74, 6) is -0.486. The Morgan fingerprint density at radius 3 is 2.69 bits per heavy atom. The first-order valence-electron chi connectivity index (χ1n) is 7.34. The van der Waals surface area contributed by atoms with E-state index in [1.807, 2.05) is 0 Å². The van der Waals surface area contributed by atoms with Crippen LogP contribution in [0.3, 0.4) is 0 Å². The quantitative estimate of drug-likeness (QED) is 0.710. The second-order valence-corrected chi connectivity index (χ2v) is 7.57. The Labute approximate surface area is 153 Å². The van der Waals surface area contributed by atoms with Crippen LogP contribution in [0.5, 0.6) is 5.75 Å². The zero-order valence-electron chi connectivity index (χ0n) is 13.7. The molecular formula is C16H14ClFN2O5S. The molecule has 0 spiro atoms. The van der Waals surface area contributed by atoms with Gasteiger partial charge in [0.15, 0.2) is 5.58 Å². The molecule has 3 rings (SSSR count). The molecule has 1 heterocycles. The van der Waals surface area contributed by atoms with Crippen LogP contribution < -0.4 is 15.2 Å². The molecular weight excluding hydrogens is 387 g/mol. The van der Waals surface area contributed by atoms with Crippen molar-refractivity contribution >= 4 is 38.4 Å². The van der Waals surface area contributed by atoms with E-state index < -0.39 is 22.6 Å². The van der Waals surface area contributed by atoms with Gasteiger partial charge < -0.3 is 9.15 Å². The van der Waals surface area contributed by atoms with Gasteiger partial charge in [0.05, 0.1) is 21.1 Å². The fraction of sp³-hybridized carbons (Fsp3) is 0.188. The van der Waals surface area contributed by atoms with E-state index in [1.165, 1.54) is 41.9 Å². The number of hydrogen-bond donors (Lipinski definition) is 1. The molecule has 0 saturated heterocycles. The maximum Gasteiger partial charge on any atom is 0.419 e. The normalized spacial score (nSPS) is 11.7. The maximum atomic E-state index is 12.7. The van der Waals surface area contributed by atoms with Gasteiger partial charge >= 0.3 is 5.76 Å². The van der Waals surface area contributed by atoms with Crippen molar-refractivity contribution < 1.29 is 22.0 Å². The molecule has 0 aliphatic heterocycles. The first-order chi connectivity index (χ1) is 12.2. The molecule has 0 atom stereocenters. The molecule has 3 aromatic rings. The molecule has 0 aliphatic rings. The largest absolute Gasteiger partial charge is 0.461 e. The third-order valence-electron chi connectivity index (χ3n) is 3.77. The highest BCUT2D eigenvalue weighted by molar-refractivity contribution is 7.92. The predicted molar refractivity (Wildman–Crippen MR) is 95.1 cm³/mol. The number of nitrogens with one attached hydrogen (secondary N) is 1. The van der Waals surface area contributed by atoms with Crippen LogP contribution >= 0.6 is 11.6 Å². The lowest BCUT2D eigenvalue weighted by Gasteiger charge is -2.12. The van der Waals surface area contributed by atoms with Crippen LogP contribution in [0.4, 0.5) is 10.1 Å². The Morgan fingerprint density at radius 1 is 1.31 bits per heavy atom. The zero-order valence-corrected chi connectivity index (χ0v) is 15.3.